The van der Waals surface area contributed by atoms with E-state index in [0.717, 1.165) is 54.4 Å². The number of aryl methyl sites for hydroxylation is 1. The molecule has 4 saturated carbocycles. The number of benzene rings is 1. The SMILES string of the molecule is CCc1ccc(-c2ccc(Cl)nc2)cc1C1C(=O)[C@@H]2C3CCC(CC3)[C@@H]2C1=O. The summed E-state index contributed by atoms with van der Waals surface area (Å²) in [5.41, 5.74) is 3.95. The van der Waals surface area contributed by atoms with Crippen molar-refractivity contribution in [2.45, 2.75) is 44.9 Å². The fraction of sp³-hybridized carbons (Fsp3) is 0.458. The second-order valence-corrected chi connectivity index (χ2v) is 8.99. The van der Waals surface area contributed by atoms with Crippen molar-refractivity contribution >= 4 is 23.2 Å². The van der Waals surface area contributed by atoms with E-state index in [1.54, 1.807) is 12.3 Å². The van der Waals surface area contributed by atoms with Crippen LogP contribution in [-0.2, 0) is 16.0 Å². The largest absolute Gasteiger partial charge is 0.298 e. The Morgan fingerprint density at radius 1 is 0.929 bits per heavy atom. The number of carbonyl (C=O) groups excluding carboxylic acids is 2. The van der Waals surface area contributed by atoms with Crippen LogP contribution in [0.15, 0.2) is 36.5 Å². The summed E-state index contributed by atoms with van der Waals surface area (Å²) in [6.07, 6.45) is 7.03. The molecule has 0 aliphatic heterocycles. The Morgan fingerprint density at radius 2 is 1.54 bits per heavy atom. The molecule has 1 aromatic carbocycles. The van der Waals surface area contributed by atoms with Crippen molar-refractivity contribution in [1.29, 1.82) is 0 Å². The van der Waals surface area contributed by atoms with Gasteiger partial charge < -0.3 is 0 Å². The van der Waals surface area contributed by atoms with Crippen LogP contribution in [0, 0.1) is 23.7 Å². The average molecular weight is 394 g/mol. The highest BCUT2D eigenvalue weighted by Gasteiger charge is 2.59. The van der Waals surface area contributed by atoms with Gasteiger partial charge in [-0.1, -0.05) is 30.7 Å². The summed E-state index contributed by atoms with van der Waals surface area (Å²) >= 11 is 5.92. The molecule has 4 aliphatic carbocycles. The number of fused-ring (bicyclic) bond motifs is 2. The summed E-state index contributed by atoms with van der Waals surface area (Å²) in [4.78, 5) is 31.1. The third-order valence-corrected chi connectivity index (χ3v) is 7.57. The van der Waals surface area contributed by atoms with E-state index in [1.807, 2.05) is 18.2 Å². The van der Waals surface area contributed by atoms with Gasteiger partial charge in [0.15, 0.2) is 11.6 Å². The molecular formula is C24H24ClNO2. The maximum absolute atomic E-state index is 13.5. The number of hydrogen-bond acceptors (Lipinski definition) is 3. The van der Waals surface area contributed by atoms with E-state index >= 15 is 0 Å². The quantitative estimate of drug-likeness (QED) is 0.528. The third-order valence-electron chi connectivity index (χ3n) is 7.34. The first-order valence-electron chi connectivity index (χ1n) is 10.4. The molecule has 3 nitrogen and oxygen atoms in total. The number of nitrogens with zero attached hydrogens (tertiary/aromatic N) is 1. The molecule has 28 heavy (non-hydrogen) atoms. The van der Waals surface area contributed by atoms with Crippen molar-refractivity contribution in [2.24, 2.45) is 23.7 Å². The van der Waals surface area contributed by atoms with Gasteiger partial charge in [0.2, 0.25) is 0 Å². The van der Waals surface area contributed by atoms with E-state index < -0.39 is 5.92 Å². The summed E-state index contributed by atoms with van der Waals surface area (Å²) < 4.78 is 0. The van der Waals surface area contributed by atoms with E-state index in [1.165, 1.54) is 0 Å². The molecule has 1 aromatic heterocycles. The van der Waals surface area contributed by atoms with Gasteiger partial charge in [0.05, 0.1) is 0 Å². The van der Waals surface area contributed by atoms with Crippen molar-refractivity contribution in [2.75, 3.05) is 0 Å². The van der Waals surface area contributed by atoms with E-state index in [-0.39, 0.29) is 23.4 Å². The van der Waals surface area contributed by atoms with Crippen LogP contribution in [0.25, 0.3) is 11.1 Å². The first-order valence-corrected chi connectivity index (χ1v) is 10.8. The molecule has 2 aromatic rings. The van der Waals surface area contributed by atoms with E-state index in [9.17, 15) is 9.59 Å². The zero-order valence-corrected chi connectivity index (χ0v) is 16.8. The van der Waals surface area contributed by atoms with Crippen LogP contribution in [0.2, 0.25) is 5.15 Å². The zero-order valence-electron chi connectivity index (χ0n) is 16.0. The Labute approximate surface area is 170 Å². The lowest BCUT2D eigenvalue weighted by Crippen LogP contribution is -2.41. The smallest absolute Gasteiger partial charge is 0.151 e. The number of aromatic nitrogens is 1. The summed E-state index contributed by atoms with van der Waals surface area (Å²) in [5.74, 6) is 0.573. The van der Waals surface area contributed by atoms with Gasteiger partial charge in [0, 0.05) is 23.6 Å². The molecule has 4 fully saturated rings. The lowest BCUT2D eigenvalue weighted by atomic mass is 9.59. The van der Waals surface area contributed by atoms with Gasteiger partial charge in [0.1, 0.15) is 11.1 Å². The molecule has 3 atom stereocenters. The number of hydrogen-bond donors (Lipinski definition) is 0. The molecule has 1 heterocycles. The Bertz CT molecular complexity index is 914. The first-order chi connectivity index (χ1) is 13.6. The molecule has 2 bridgehead atoms. The molecule has 144 valence electrons. The van der Waals surface area contributed by atoms with Gasteiger partial charge in [-0.25, -0.2) is 4.98 Å². The van der Waals surface area contributed by atoms with Gasteiger partial charge >= 0.3 is 0 Å². The van der Waals surface area contributed by atoms with Gasteiger partial charge in [-0.2, -0.15) is 0 Å². The molecule has 4 heteroatoms. The number of halogens is 1. The van der Waals surface area contributed by atoms with Crippen molar-refractivity contribution in [3.8, 4) is 11.1 Å². The van der Waals surface area contributed by atoms with E-state index in [2.05, 4.69) is 18.0 Å². The molecule has 1 unspecified atom stereocenters. The standard InChI is InChI=1S/C24H24ClNO2/c1-2-13-3-8-16(17-9-10-19(25)26-12-17)11-18(13)22-23(27)20-14-4-5-15(7-6-14)21(20)24(22)28/h3,8-12,14-15,20-22H,2,4-7H2,1H3/t14?,15?,20-,21+,22?. The molecule has 0 amide bonds. The highest BCUT2D eigenvalue weighted by atomic mass is 35.5. The van der Waals surface area contributed by atoms with Gasteiger partial charge in [-0.3, -0.25) is 9.59 Å². The zero-order chi connectivity index (χ0) is 19.4. The van der Waals surface area contributed by atoms with Crippen molar-refractivity contribution in [3.63, 3.8) is 0 Å². The molecule has 6 rings (SSSR count). The first kappa shape index (κ1) is 18.1. The minimum absolute atomic E-state index is 0.0319. The molecule has 0 N–H and O–H groups in total. The summed E-state index contributed by atoms with van der Waals surface area (Å²) in [5, 5.41) is 0.454. The highest BCUT2D eigenvalue weighted by Crippen LogP contribution is 2.56. The van der Waals surface area contributed by atoms with Crippen LogP contribution in [0.3, 0.4) is 0 Å². The molecular weight excluding hydrogens is 370 g/mol. The summed E-state index contributed by atoms with van der Waals surface area (Å²) in [6.45, 7) is 2.09. The maximum Gasteiger partial charge on any atom is 0.151 e. The van der Waals surface area contributed by atoms with Gasteiger partial charge in [0.25, 0.3) is 0 Å². The lowest BCUT2D eigenvalue weighted by molar-refractivity contribution is -0.129. The number of pyridine rings is 1. The van der Waals surface area contributed by atoms with Crippen molar-refractivity contribution < 1.29 is 9.59 Å². The van der Waals surface area contributed by atoms with Crippen molar-refractivity contribution in [1.82, 2.24) is 4.98 Å². The van der Waals surface area contributed by atoms with Crippen molar-refractivity contribution in [3.05, 3.63) is 52.8 Å². The number of ketones is 2. The molecule has 4 aliphatic rings. The number of rotatable bonds is 3. The predicted molar refractivity (Wildman–Crippen MR) is 109 cm³/mol. The third kappa shape index (κ3) is 2.67. The normalized spacial score (nSPS) is 31.3. The highest BCUT2D eigenvalue weighted by molar-refractivity contribution is 6.29. The predicted octanol–water partition coefficient (Wildman–Crippen LogP) is 5.25. The minimum atomic E-state index is -0.577. The maximum atomic E-state index is 13.5. The number of carbonyl (C=O) groups is 2. The van der Waals surface area contributed by atoms with Crippen LogP contribution in [0.1, 0.15) is 49.7 Å². The second-order valence-electron chi connectivity index (χ2n) is 8.60. The van der Waals surface area contributed by atoms with Gasteiger partial charge in [-0.05, 0) is 78.8 Å². The minimum Gasteiger partial charge on any atom is -0.298 e. The summed E-state index contributed by atoms with van der Waals surface area (Å²) in [6, 6.07) is 9.86. The van der Waals surface area contributed by atoms with E-state index in [0.29, 0.717) is 17.0 Å². The monoisotopic (exact) mass is 393 g/mol. The summed E-state index contributed by atoms with van der Waals surface area (Å²) in [7, 11) is 0. The van der Waals surface area contributed by atoms with E-state index in [4.69, 9.17) is 11.6 Å². The van der Waals surface area contributed by atoms with Crippen LogP contribution < -0.4 is 0 Å². The molecule has 0 radical (unpaired) electrons. The fourth-order valence-electron chi connectivity index (χ4n) is 6.01. The second kappa shape index (κ2) is 6.81. The fourth-order valence-corrected chi connectivity index (χ4v) is 6.12. The molecule has 0 spiro atoms. The lowest BCUT2D eigenvalue weighted by Gasteiger charge is -2.43. The van der Waals surface area contributed by atoms with Crippen LogP contribution >= 0.6 is 11.6 Å². The Balaban J connectivity index is 1.58. The Hall–Kier alpha value is -2.00. The average Bonchev–Trinajstić information content (AvgIpc) is 3.01. The Kier molecular flexibility index (Phi) is 4.39. The Morgan fingerprint density at radius 3 is 2.07 bits per heavy atom. The van der Waals surface area contributed by atoms with Gasteiger partial charge in [-0.15, -0.1) is 0 Å². The van der Waals surface area contributed by atoms with Crippen LogP contribution in [-0.4, -0.2) is 16.6 Å². The molecule has 0 saturated heterocycles. The number of Topliss-reactive ketones (excluding diaryl/α,β-unsaturated/α-hetero) is 2. The topological polar surface area (TPSA) is 47.0 Å². The van der Waals surface area contributed by atoms with Crippen LogP contribution in [0.4, 0.5) is 0 Å². The van der Waals surface area contributed by atoms with Crippen LogP contribution in [0.5, 0.6) is 0 Å².